The number of carbonyl (C=O) groups is 1. The fraction of sp³-hybridized carbons (Fsp3) is 0.500. The minimum Gasteiger partial charge on any atom is -0.481 e. The van der Waals surface area contributed by atoms with Crippen LogP contribution < -0.4 is 0 Å². The predicted octanol–water partition coefficient (Wildman–Crippen LogP) is 3.28. The fourth-order valence-corrected chi connectivity index (χ4v) is 2.74. The van der Waals surface area contributed by atoms with Crippen molar-refractivity contribution in [1.82, 2.24) is 0 Å². The lowest BCUT2D eigenvalue weighted by Gasteiger charge is -2.25. The Labute approximate surface area is 100 Å². The zero-order valence-electron chi connectivity index (χ0n) is 10.0. The number of aryl methyl sites for hydroxylation is 1. The van der Waals surface area contributed by atoms with Gasteiger partial charge in [-0.2, -0.15) is 0 Å². The molecule has 2 rings (SSSR count). The third kappa shape index (κ3) is 1.94. The van der Waals surface area contributed by atoms with E-state index in [0.29, 0.717) is 18.4 Å². The molecule has 0 amide bonds. The van der Waals surface area contributed by atoms with Crippen LogP contribution in [0.4, 0.5) is 4.39 Å². The van der Waals surface area contributed by atoms with Crippen LogP contribution in [0.15, 0.2) is 18.2 Å². The minimum absolute atomic E-state index is 0.377. The number of hydrogen-bond donors (Lipinski definition) is 1. The number of carboxylic acids is 1. The second-order valence-corrected chi connectivity index (χ2v) is 4.76. The van der Waals surface area contributed by atoms with Crippen LogP contribution in [0, 0.1) is 5.82 Å². The molecule has 1 aromatic carbocycles. The lowest BCUT2D eigenvalue weighted by atomic mass is 9.78. The molecule has 3 heteroatoms. The first-order valence-corrected chi connectivity index (χ1v) is 6.12. The Morgan fingerprint density at radius 1 is 1.41 bits per heavy atom. The monoisotopic (exact) mass is 236 g/mol. The molecule has 1 fully saturated rings. The Hall–Kier alpha value is -1.38. The van der Waals surface area contributed by atoms with E-state index >= 15 is 0 Å². The normalized spacial score (nSPS) is 18.2. The van der Waals surface area contributed by atoms with Crippen molar-refractivity contribution in [3.05, 3.63) is 35.1 Å². The van der Waals surface area contributed by atoms with Gasteiger partial charge in [0, 0.05) is 5.56 Å². The van der Waals surface area contributed by atoms with Gasteiger partial charge < -0.3 is 5.11 Å². The molecule has 0 aromatic heterocycles. The fourth-order valence-electron chi connectivity index (χ4n) is 2.74. The summed E-state index contributed by atoms with van der Waals surface area (Å²) in [6, 6.07) is 4.86. The van der Waals surface area contributed by atoms with Crippen molar-refractivity contribution in [2.45, 2.75) is 44.4 Å². The highest BCUT2D eigenvalue weighted by atomic mass is 19.1. The zero-order chi connectivity index (χ0) is 12.5. The van der Waals surface area contributed by atoms with E-state index in [1.54, 1.807) is 12.1 Å². The number of benzene rings is 1. The van der Waals surface area contributed by atoms with Crippen LogP contribution >= 0.6 is 0 Å². The summed E-state index contributed by atoms with van der Waals surface area (Å²) in [4.78, 5) is 11.5. The van der Waals surface area contributed by atoms with E-state index < -0.39 is 11.4 Å². The van der Waals surface area contributed by atoms with Crippen molar-refractivity contribution in [3.63, 3.8) is 0 Å². The van der Waals surface area contributed by atoms with Crippen molar-refractivity contribution < 1.29 is 14.3 Å². The summed E-state index contributed by atoms with van der Waals surface area (Å²) < 4.78 is 13.9. The first kappa shape index (κ1) is 12.1. The van der Waals surface area contributed by atoms with Gasteiger partial charge in [0.15, 0.2) is 0 Å². The molecule has 1 aliphatic rings. The quantitative estimate of drug-likeness (QED) is 0.874. The Bertz CT molecular complexity index is 434. The summed E-state index contributed by atoms with van der Waals surface area (Å²) in [7, 11) is 0. The maximum atomic E-state index is 13.9. The minimum atomic E-state index is -0.991. The zero-order valence-corrected chi connectivity index (χ0v) is 10.0. The number of hydrogen-bond acceptors (Lipinski definition) is 1. The standard InChI is InChI=1S/C14H17FO2/c1-2-10-5-6-12(15)11(9-10)14(13(16)17)7-3-4-8-14/h5-6,9H,2-4,7-8H2,1H3,(H,16,17). The van der Waals surface area contributed by atoms with E-state index in [0.717, 1.165) is 24.8 Å². The van der Waals surface area contributed by atoms with Gasteiger partial charge in [-0.3, -0.25) is 4.79 Å². The molecule has 0 heterocycles. The highest BCUT2D eigenvalue weighted by molar-refractivity contribution is 5.82. The second-order valence-electron chi connectivity index (χ2n) is 4.76. The van der Waals surface area contributed by atoms with E-state index in [4.69, 9.17) is 0 Å². The van der Waals surface area contributed by atoms with Crippen molar-refractivity contribution in [2.75, 3.05) is 0 Å². The Morgan fingerprint density at radius 3 is 2.59 bits per heavy atom. The molecule has 1 saturated carbocycles. The third-order valence-corrected chi connectivity index (χ3v) is 3.82. The molecule has 1 aliphatic carbocycles. The molecule has 0 atom stereocenters. The van der Waals surface area contributed by atoms with Crippen molar-refractivity contribution in [1.29, 1.82) is 0 Å². The summed E-state index contributed by atoms with van der Waals surface area (Å²) in [5, 5.41) is 9.44. The van der Waals surface area contributed by atoms with Gasteiger partial charge in [0.2, 0.25) is 0 Å². The van der Waals surface area contributed by atoms with Crippen molar-refractivity contribution in [3.8, 4) is 0 Å². The predicted molar refractivity (Wildman–Crippen MR) is 63.6 cm³/mol. The number of aliphatic carboxylic acids is 1. The molecular formula is C14H17FO2. The highest BCUT2D eigenvalue weighted by Gasteiger charge is 2.44. The smallest absolute Gasteiger partial charge is 0.314 e. The molecule has 0 bridgehead atoms. The van der Waals surface area contributed by atoms with Crippen LogP contribution in [0.25, 0.3) is 0 Å². The van der Waals surface area contributed by atoms with Gasteiger partial charge in [0.05, 0.1) is 5.41 Å². The summed E-state index contributed by atoms with van der Waals surface area (Å²) in [6.07, 6.45) is 3.62. The van der Waals surface area contributed by atoms with Gasteiger partial charge in [-0.1, -0.05) is 31.9 Å². The van der Waals surface area contributed by atoms with Gasteiger partial charge in [-0.25, -0.2) is 4.39 Å². The van der Waals surface area contributed by atoms with Crippen LogP contribution in [-0.2, 0) is 16.6 Å². The Balaban J connectivity index is 2.53. The molecule has 1 N–H and O–H groups in total. The van der Waals surface area contributed by atoms with Gasteiger partial charge in [0.1, 0.15) is 5.82 Å². The van der Waals surface area contributed by atoms with E-state index in [-0.39, 0.29) is 5.82 Å². The summed E-state index contributed by atoms with van der Waals surface area (Å²) >= 11 is 0. The maximum Gasteiger partial charge on any atom is 0.314 e. The molecule has 0 saturated heterocycles. The van der Waals surface area contributed by atoms with Crippen LogP contribution in [0.3, 0.4) is 0 Å². The molecule has 0 unspecified atom stereocenters. The largest absolute Gasteiger partial charge is 0.481 e. The van der Waals surface area contributed by atoms with E-state index in [2.05, 4.69) is 0 Å². The van der Waals surface area contributed by atoms with Crippen molar-refractivity contribution in [2.24, 2.45) is 0 Å². The van der Waals surface area contributed by atoms with Gasteiger partial charge in [-0.15, -0.1) is 0 Å². The molecule has 0 radical (unpaired) electrons. The van der Waals surface area contributed by atoms with Crippen LogP contribution in [0.5, 0.6) is 0 Å². The van der Waals surface area contributed by atoms with E-state index in [9.17, 15) is 14.3 Å². The van der Waals surface area contributed by atoms with Crippen LogP contribution in [0.2, 0.25) is 0 Å². The summed E-state index contributed by atoms with van der Waals surface area (Å²) in [6.45, 7) is 1.99. The first-order valence-electron chi connectivity index (χ1n) is 6.12. The number of carboxylic acid groups (broad SMARTS) is 1. The topological polar surface area (TPSA) is 37.3 Å². The Kier molecular flexibility index (Phi) is 3.18. The average molecular weight is 236 g/mol. The molecule has 1 aromatic rings. The molecule has 0 spiro atoms. The average Bonchev–Trinajstić information content (AvgIpc) is 2.80. The lowest BCUT2D eigenvalue weighted by molar-refractivity contribution is -0.143. The van der Waals surface area contributed by atoms with Crippen molar-refractivity contribution >= 4 is 5.97 Å². The number of halogens is 1. The summed E-state index contributed by atoms with van der Waals surface area (Å²) in [5.74, 6) is -1.27. The molecular weight excluding hydrogens is 219 g/mol. The highest BCUT2D eigenvalue weighted by Crippen LogP contribution is 2.42. The summed E-state index contributed by atoms with van der Waals surface area (Å²) in [5.41, 5.74) is 0.380. The van der Waals surface area contributed by atoms with E-state index in [1.807, 2.05) is 6.92 Å². The van der Waals surface area contributed by atoms with Crippen LogP contribution in [0.1, 0.15) is 43.7 Å². The molecule has 0 aliphatic heterocycles. The SMILES string of the molecule is CCc1ccc(F)c(C2(C(=O)O)CCCC2)c1. The maximum absolute atomic E-state index is 13.9. The lowest BCUT2D eigenvalue weighted by Crippen LogP contribution is -2.33. The molecule has 92 valence electrons. The number of rotatable bonds is 3. The van der Waals surface area contributed by atoms with Gasteiger partial charge in [-0.05, 0) is 30.9 Å². The van der Waals surface area contributed by atoms with E-state index in [1.165, 1.54) is 6.07 Å². The Morgan fingerprint density at radius 2 is 2.06 bits per heavy atom. The van der Waals surface area contributed by atoms with Crippen LogP contribution in [-0.4, -0.2) is 11.1 Å². The molecule has 17 heavy (non-hydrogen) atoms. The first-order chi connectivity index (χ1) is 8.10. The van der Waals surface area contributed by atoms with Gasteiger partial charge in [0.25, 0.3) is 0 Å². The molecule has 2 nitrogen and oxygen atoms in total. The van der Waals surface area contributed by atoms with Gasteiger partial charge >= 0.3 is 5.97 Å². The second kappa shape index (κ2) is 4.47. The third-order valence-electron chi connectivity index (χ3n) is 3.82.